The zero-order valence-electron chi connectivity index (χ0n) is 15.3. The van der Waals surface area contributed by atoms with Crippen LogP contribution in [-0.4, -0.2) is 31.4 Å². The molecule has 0 radical (unpaired) electrons. The number of nitrogens with zero attached hydrogens (tertiary/aromatic N) is 4. The minimum absolute atomic E-state index is 0.0210. The highest BCUT2D eigenvalue weighted by atomic mass is 32.2. The van der Waals surface area contributed by atoms with Crippen molar-refractivity contribution in [3.8, 4) is 0 Å². The van der Waals surface area contributed by atoms with Gasteiger partial charge < -0.3 is 9.88 Å². The Balaban J connectivity index is 1.28. The predicted octanol–water partition coefficient (Wildman–Crippen LogP) is 3.94. The normalized spacial score (nSPS) is 17.4. The van der Waals surface area contributed by atoms with Gasteiger partial charge in [0.05, 0.1) is 5.75 Å². The van der Waals surface area contributed by atoms with Crippen LogP contribution < -0.4 is 5.32 Å². The van der Waals surface area contributed by atoms with Crippen molar-refractivity contribution < 1.29 is 4.79 Å². The van der Waals surface area contributed by atoms with Crippen LogP contribution in [0, 0.1) is 0 Å². The molecule has 1 aromatic carbocycles. The molecule has 1 N–H and O–H groups in total. The Hall–Kier alpha value is -2.19. The highest BCUT2D eigenvalue weighted by molar-refractivity contribution is 7.99. The lowest BCUT2D eigenvalue weighted by Gasteiger charge is -2.17. The van der Waals surface area contributed by atoms with E-state index >= 15 is 0 Å². The first-order valence-electron chi connectivity index (χ1n) is 9.61. The molecule has 1 amide bonds. The fourth-order valence-electron chi connectivity index (χ4n) is 3.33. The predicted molar refractivity (Wildman–Crippen MR) is 110 cm³/mol. The van der Waals surface area contributed by atoms with Crippen molar-refractivity contribution >= 4 is 29.0 Å². The second kappa shape index (κ2) is 7.67. The highest BCUT2D eigenvalue weighted by Crippen LogP contribution is 2.46. The minimum Gasteiger partial charge on any atom is -0.342 e. The van der Waals surface area contributed by atoms with Crippen LogP contribution in [0.15, 0.2) is 47.1 Å². The first-order chi connectivity index (χ1) is 13.8. The zero-order chi connectivity index (χ0) is 18.9. The summed E-state index contributed by atoms with van der Waals surface area (Å²) in [5.74, 6) is 2.00. The number of hydrogen-bond acceptors (Lipinski definition) is 6. The van der Waals surface area contributed by atoms with Crippen LogP contribution in [-0.2, 0) is 4.79 Å². The Labute approximate surface area is 171 Å². The molecule has 144 valence electrons. The SMILES string of the molecule is O=C(CSc1nnc(C2CC2)n1C1CC1)NC(c1ccccc1)c1nccs1. The molecule has 1 atom stereocenters. The van der Waals surface area contributed by atoms with Crippen molar-refractivity contribution in [2.45, 2.75) is 48.8 Å². The molecule has 0 saturated heterocycles. The molecule has 0 spiro atoms. The largest absolute Gasteiger partial charge is 0.342 e. The van der Waals surface area contributed by atoms with E-state index in [1.165, 1.54) is 37.4 Å². The van der Waals surface area contributed by atoms with Crippen molar-refractivity contribution in [2.75, 3.05) is 5.75 Å². The van der Waals surface area contributed by atoms with Crippen molar-refractivity contribution in [2.24, 2.45) is 0 Å². The van der Waals surface area contributed by atoms with E-state index in [1.807, 2.05) is 35.7 Å². The molecule has 2 aliphatic rings. The summed E-state index contributed by atoms with van der Waals surface area (Å²) in [6.07, 6.45) is 6.58. The first-order valence-corrected chi connectivity index (χ1v) is 11.5. The number of rotatable bonds is 8. The molecule has 8 heteroatoms. The first kappa shape index (κ1) is 17.9. The van der Waals surface area contributed by atoms with Crippen LogP contribution in [0.2, 0.25) is 0 Å². The van der Waals surface area contributed by atoms with E-state index in [0.717, 1.165) is 21.6 Å². The van der Waals surface area contributed by atoms with Gasteiger partial charge >= 0.3 is 0 Å². The third kappa shape index (κ3) is 3.84. The summed E-state index contributed by atoms with van der Waals surface area (Å²) in [5.41, 5.74) is 1.04. The van der Waals surface area contributed by atoms with E-state index in [1.54, 1.807) is 17.5 Å². The number of thiazole rings is 1. The van der Waals surface area contributed by atoms with E-state index in [9.17, 15) is 4.79 Å². The quantitative estimate of drug-likeness (QED) is 0.568. The molecular formula is C20H21N5OS2. The number of aromatic nitrogens is 4. The maximum absolute atomic E-state index is 12.7. The number of carbonyl (C=O) groups is 1. The second-order valence-corrected chi connectivity index (χ2v) is 9.16. The van der Waals surface area contributed by atoms with Crippen LogP contribution in [0.4, 0.5) is 0 Å². The van der Waals surface area contributed by atoms with Crippen LogP contribution >= 0.6 is 23.1 Å². The third-order valence-electron chi connectivity index (χ3n) is 5.01. The Morgan fingerprint density at radius 2 is 2.04 bits per heavy atom. The molecule has 3 aromatic rings. The number of hydrogen-bond donors (Lipinski definition) is 1. The third-order valence-corrected chi connectivity index (χ3v) is 6.80. The molecule has 1 unspecified atom stereocenters. The summed E-state index contributed by atoms with van der Waals surface area (Å²) in [6, 6.07) is 10.3. The fraction of sp³-hybridized carbons (Fsp3) is 0.400. The summed E-state index contributed by atoms with van der Waals surface area (Å²) in [4.78, 5) is 17.1. The Morgan fingerprint density at radius 1 is 1.21 bits per heavy atom. The second-order valence-electron chi connectivity index (χ2n) is 7.29. The van der Waals surface area contributed by atoms with E-state index in [-0.39, 0.29) is 11.9 Å². The van der Waals surface area contributed by atoms with Gasteiger partial charge in [-0.25, -0.2) is 4.98 Å². The highest BCUT2D eigenvalue weighted by Gasteiger charge is 2.36. The lowest BCUT2D eigenvalue weighted by atomic mass is 10.1. The van der Waals surface area contributed by atoms with Crippen LogP contribution in [0.3, 0.4) is 0 Å². The van der Waals surface area contributed by atoms with Gasteiger partial charge in [0.15, 0.2) is 5.16 Å². The van der Waals surface area contributed by atoms with E-state index in [4.69, 9.17) is 0 Å². The number of benzene rings is 1. The Morgan fingerprint density at radius 3 is 2.71 bits per heavy atom. The summed E-state index contributed by atoms with van der Waals surface area (Å²) >= 11 is 3.04. The van der Waals surface area contributed by atoms with Crippen molar-refractivity contribution in [1.29, 1.82) is 0 Å². The molecule has 2 saturated carbocycles. The molecule has 2 heterocycles. The van der Waals surface area contributed by atoms with Gasteiger partial charge in [0.1, 0.15) is 16.9 Å². The van der Waals surface area contributed by atoms with Gasteiger partial charge in [-0.3, -0.25) is 4.79 Å². The average Bonchev–Trinajstić information content (AvgIpc) is 3.65. The maximum Gasteiger partial charge on any atom is 0.231 e. The molecule has 28 heavy (non-hydrogen) atoms. The fourth-order valence-corrected chi connectivity index (χ4v) is 4.86. The van der Waals surface area contributed by atoms with Gasteiger partial charge in [0, 0.05) is 23.5 Å². The molecule has 0 bridgehead atoms. The van der Waals surface area contributed by atoms with Crippen molar-refractivity contribution in [3.63, 3.8) is 0 Å². The van der Waals surface area contributed by atoms with Gasteiger partial charge in [-0.2, -0.15) is 0 Å². The van der Waals surface area contributed by atoms with Crippen LogP contribution in [0.25, 0.3) is 0 Å². The minimum atomic E-state index is -0.224. The van der Waals surface area contributed by atoms with Gasteiger partial charge in [0.2, 0.25) is 5.91 Å². The molecule has 2 fully saturated rings. The Kier molecular flexibility index (Phi) is 4.90. The molecule has 0 aliphatic heterocycles. The van der Waals surface area contributed by atoms with E-state index in [2.05, 4.69) is 25.1 Å². The van der Waals surface area contributed by atoms with Gasteiger partial charge in [-0.05, 0) is 31.2 Å². The number of nitrogens with one attached hydrogen (secondary N) is 1. The lowest BCUT2D eigenvalue weighted by molar-refractivity contribution is -0.119. The van der Waals surface area contributed by atoms with Crippen molar-refractivity contribution in [1.82, 2.24) is 25.1 Å². The molecule has 6 nitrogen and oxygen atoms in total. The topological polar surface area (TPSA) is 72.7 Å². The summed E-state index contributed by atoms with van der Waals surface area (Å²) in [6.45, 7) is 0. The number of amides is 1. The Bertz CT molecular complexity index is 948. The van der Waals surface area contributed by atoms with E-state index < -0.39 is 0 Å². The van der Waals surface area contributed by atoms with Crippen molar-refractivity contribution in [3.05, 3.63) is 58.3 Å². The summed E-state index contributed by atoms with van der Waals surface area (Å²) in [5, 5.41) is 15.6. The summed E-state index contributed by atoms with van der Waals surface area (Å²) in [7, 11) is 0. The van der Waals surface area contributed by atoms with Crippen LogP contribution in [0.1, 0.15) is 60.1 Å². The van der Waals surface area contributed by atoms with Gasteiger partial charge in [0.25, 0.3) is 0 Å². The van der Waals surface area contributed by atoms with E-state index in [0.29, 0.717) is 17.7 Å². The average molecular weight is 412 g/mol. The molecule has 2 aliphatic carbocycles. The standard InChI is InChI=1S/C20H21N5OS2/c26-16(22-17(19-21-10-11-27-19)13-4-2-1-3-5-13)12-28-20-24-23-18(14-6-7-14)25(20)15-8-9-15/h1-5,10-11,14-15,17H,6-9,12H2,(H,22,26). The lowest BCUT2D eigenvalue weighted by Crippen LogP contribution is -2.30. The monoisotopic (exact) mass is 411 g/mol. The molecule has 5 rings (SSSR count). The molecule has 2 aromatic heterocycles. The maximum atomic E-state index is 12.7. The zero-order valence-corrected chi connectivity index (χ0v) is 17.0. The smallest absolute Gasteiger partial charge is 0.231 e. The number of carbonyl (C=O) groups excluding carboxylic acids is 1. The van der Waals surface area contributed by atoms with Crippen LogP contribution in [0.5, 0.6) is 0 Å². The number of thioether (sulfide) groups is 1. The molecular weight excluding hydrogens is 390 g/mol. The summed E-state index contributed by atoms with van der Waals surface area (Å²) < 4.78 is 2.28. The van der Waals surface area contributed by atoms with Gasteiger partial charge in [-0.1, -0.05) is 42.1 Å². The van der Waals surface area contributed by atoms with Gasteiger partial charge in [-0.15, -0.1) is 21.5 Å².